The van der Waals surface area contributed by atoms with E-state index in [1.165, 1.54) is 24.3 Å². The van der Waals surface area contributed by atoms with Crippen LogP contribution >= 0.6 is 0 Å². The molecular weight excluding hydrogens is 403 g/mol. The summed E-state index contributed by atoms with van der Waals surface area (Å²) in [5, 5.41) is 19.7. The minimum atomic E-state index is -4.84. The van der Waals surface area contributed by atoms with E-state index in [0.29, 0.717) is 5.56 Å². The number of carboxylic acid groups (broad SMARTS) is 2. The van der Waals surface area contributed by atoms with Crippen LogP contribution in [0.4, 0.5) is 13.2 Å². The number of hydrogen-bond acceptors (Lipinski definition) is 3. The lowest BCUT2D eigenvalue weighted by Gasteiger charge is -2.29. The summed E-state index contributed by atoms with van der Waals surface area (Å²) in [5.74, 6) is -6.04. The number of carboxylic acids is 2. The van der Waals surface area contributed by atoms with Crippen LogP contribution in [0.1, 0.15) is 30.7 Å². The molecule has 1 amide bonds. The van der Waals surface area contributed by atoms with Crippen LogP contribution in [-0.4, -0.2) is 40.3 Å². The maximum atomic E-state index is 13.9. The fourth-order valence-corrected chi connectivity index (χ4v) is 3.10. The van der Waals surface area contributed by atoms with E-state index in [0.717, 1.165) is 5.56 Å². The van der Waals surface area contributed by atoms with Gasteiger partial charge in [-0.3, -0.25) is 14.4 Å². The van der Waals surface area contributed by atoms with Gasteiger partial charge in [0, 0.05) is 6.42 Å². The Bertz CT molecular complexity index is 882. The van der Waals surface area contributed by atoms with Crippen molar-refractivity contribution in [1.82, 2.24) is 5.32 Å². The van der Waals surface area contributed by atoms with Crippen molar-refractivity contribution in [3.05, 3.63) is 60.2 Å². The van der Waals surface area contributed by atoms with E-state index in [2.05, 4.69) is 5.32 Å². The van der Waals surface area contributed by atoms with Crippen molar-refractivity contribution in [2.24, 2.45) is 0 Å². The van der Waals surface area contributed by atoms with Gasteiger partial charge in [0.15, 0.2) is 0 Å². The van der Waals surface area contributed by atoms with Gasteiger partial charge in [-0.25, -0.2) is 0 Å². The second-order valence-electron chi connectivity index (χ2n) is 6.67. The number of halogens is 3. The van der Waals surface area contributed by atoms with Crippen LogP contribution < -0.4 is 5.32 Å². The number of aliphatic carboxylic acids is 2. The van der Waals surface area contributed by atoms with Crippen molar-refractivity contribution in [1.29, 1.82) is 0 Å². The Morgan fingerprint density at radius 2 is 1.40 bits per heavy atom. The van der Waals surface area contributed by atoms with E-state index >= 15 is 0 Å². The van der Waals surface area contributed by atoms with Gasteiger partial charge in [0.2, 0.25) is 5.91 Å². The highest BCUT2D eigenvalue weighted by Gasteiger charge is 2.47. The lowest BCUT2D eigenvalue weighted by molar-refractivity contribution is -0.161. The first-order valence-corrected chi connectivity index (χ1v) is 9.03. The zero-order valence-electron chi connectivity index (χ0n) is 15.7. The van der Waals surface area contributed by atoms with Gasteiger partial charge in [0.1, 0.15) is 5.92 Å². The van der Waals surface area contributed by atoms with Gasteiger partial charge in [0.25, 0.3) is 0 Å². The largest absolute Gasteiger partial charge is 0.481 e. The van der Waals surface area contributed by atoms with Crippen LogP contribution in [0.15, 0.2) is 54.6 Å². The van der Waals surface area contributed by atoms with Crippen molar-refractivity contribution in [3.8, 4) is 11.1 Å². The van der Waals surface area contributed by atoms with E-state index in [1.54, 1.807) is 30.3 Å². The highest BCUT2D eigenvalue weighted by atomic mass is 19.4. The molecule has 2 rings (SSSR count). The summed E-state index contributed by atoms with van der Waals surface area (Å²) in [6, 6.07) is 12.7. The first-order chi connectivity index (χ1) is 14.1. The predicted octanol–water partition coefficient (Wildman–Crippen LogP) is 3.82. The van der Waals surface area contributed by atoms with E-state index < -0.39 is 55.2 Å². The third-order valence-electron chi connectivity index (χ3n) is 4.44. The molecule has 3 N–H and O–H groups in total. The molecule has 0 aromatic heterocycles. The summed E-state index contributed by atoms with van der Waals surface area (Å²) in [6.07, 6.45) is -6.94. The van der Waals surface area contributed by atoms with Gasteiger partial charge in [-0.05, 0) is 16.7 Å². The van der Waals surface area contributed by atoms with Gasteiger partial charge in [-0.15, -0.1) is 0 Å². The summed E-state index contributed by atoms with van der Waals surface area (Å²) in [5.41, 5.74) is 1.28. The number of nitrogens with one attached hydrogen (secondary N) is 1. The van der Waals surface area contributed by atoms with Crippen LogP contribution in [0.2, 0.25) is 0 Å². The summed E-state index contributed by atoms with van der Waals surface area (Å²) >= 11 is 0. The minimum Gasteiger partial charge on any atom is -0.481 e. The van der Waals surface area contributed by atoms with Crippen LogP contribution in [0.3, 0.4) is 0 Å². The molecule has 30 heavy (non-hydrogen) atoms. The number of carbonyl (C=O) groups is 3. The lowest BCUT2D eigenvalue weighted by Crippen LogP contribution is -2.45. The van der Waals surface area contributed by atoms with Crippen LogP contribution in [0.5, 0.6) is 0 Å². The lowest BCUT2D eigenvalue weighted by atomic mass is 9.87. The average molecular weight is 423 g/mol. The van der Waals surface area contributed by atoms with Gasteiger partial charge >= 0.3 is 18.1 Å². The van der Waals surface area contributed by atoms with Crippen molar-refractivity contribution < 1.29 is 37.8 Å². The fraction of sp³-hybridized carbons (Fsp3) is 0.286. The highest BCUT2D eigenvalue weighted by Crippen LogP contribution is 2.39. The Balaban J connectivity index is 2.33. The topological polar surface area (TPSA) is 104 Å². The SMILES string of the molecule is O=C(O)CCC(=O)N[C@H](CC(=O)O)C(c1ccc(-c2ccccc2)cc1)C(F)(F)F. The molecule has 0 aliphatic heterocycles. The molecule has 0 aliphatic carbocycles. The molecule has 0 saturated carbocycles. The Hall–Kier alpha value is -3.36. The molecular formula is C21H20F3NO5. The number of carbonyl (C=O) groups excluding carboxylic acids is 1. The average Bonchev–Trinajstić information content (AvgIpc) is 2.66. The van der Waals surface area contributed by atoms with Gasteiger partial charge in [-0.1, -0.05) is 54.6 Å². The Kier molecular flexibility index (Phi) is 7.57. The van der Waals surface area contributed by atoms with Gasteiger partial charge in [-0.2, -0.15) is 13.2 Å². The normalized spacial score (nSPS) is 13.3. The van der Waals surface area contributed by atoms with E-state index in [-0.39, 0.29) is 5.56 Å². The fourth-order valence-electron chi connectivity index (χ4n) is 3.10. The molecule has 1 unspecified atom stereocenters. The molecule has 0 saturated heterocycles. The molecule has 0 bridgehead atoms. The molecule has 2 atom stereocenters. The second-order valence-corrected chi connectivity index (χ2v) is 6.67. The van der Waals surface area contributed by atoms with Crippen LogP contribution in [-0.2, 0) is 14.4 Å². The maximum absolute atomic E-state index is 13.9. The molecule has 0 aliphatic rings. The third-order valence-corrected chi connectivity index (χ3v) is 4.44. The quantitative estimate of drug-likeness (QED) is 0.569. The van der Waals surface area contributed by atoms with Crippen molar-refractivity contribution in [2.45, 2.75) is 37.4 Å². The minimum absolute atomic E-state index is 0.202. The number of alkyl halides is 3. The molecule has 6 nitrogen and oxygen atoms in total. The number of rotatable bonds is 9. The van der Waals surface area contributed by atoms with Gasteiger partial charge < -0.3 is 15.5 Å². The maximum Gasteiger partial charge on any atom is 0.397 e. The third kappa shape index (κ3) is 6.61. The Labute approximate surface area is 170 Å². The summed E-state index contributed by atoms with van der Waals surface area (Å²) in [6.45, 7) is 0. The second kappa shape index (κ2) is 9.91. The standard InChI is InChI=1S/C21H20F3NO5/c22-21(23,24)20(16(12-19(29)30)25-17(26)10-11-18(27)28)15-8-6-14(7-9-15)13-4-2-1-3-5-13/h1-9,16,20H,10-12H2,(H,25,26)(H,27,28)(H,29,30)/t16-,20?/m1/s1. The molecule has 2 aromatic carbocycles. The molecule has 0 radical (unpaired) electrons. The molecule has 9 heteroatoms. The molecule has 2 aromatic rings. The van der Waals surface area contributed by atoms with E-state index in [4.69, 9.17) is 10.2 Å². The molecule has 0 spiro atoms. The first kappa shape index (κ1) is 22.9. The smallest absolute Gasteiger partial charge is 0.397 e. The molecule has 0 fully saturated rings. The predicted molar refractivity (Wildman–Crippen MR) is 102 cm³/mol. The zero-order valence-corrected chi connectivity index (χ0v) is 15.7. The van der Waals surface area contributed by atoms with Crippen molar-refractivity contribution >= 4 is 17.8 Å². The summed E-state index contributed by atoms with van der Waals surface area (Å²) < 4.78 is 41.6. The monoisotopic (exact) mass is 423 g/mol. The summed E-state index contributed by atoms with van der Waals surface area (Å²) in [4.78, 5) is 33.6. The van der Waals surface area contributed by atoms with Crippen LogP contribution in [0, 0.1) is 0 Å². The Morgan fingerprint density at radius 3 is 1.90 bits per heavy atom. The Morgan fingerprint density at radius 1 is 0.833 bits per heavy atom. The number of hydrogen-bond donors (Lipinski definition) is 3. The zero-order chi connectivity index (χ0) is 22.3. The van der Waals surface area contributed by atoms with Crippen LogP contribution in [0.25, 0.3) is 11.1 Å². The number of amides is 1. The molecule has 160 valence electrons. The first-order valence-electron chi connectivity index (χ1n) is 9.03. The highest BCUT2D eigenvalue weighted by molar-refractivity contribution is 5.81. The van der Waals surface area contributed by atoms with Crippen molar-refractivity contribution in [3.63, 3.8) is 0 Å². The van der Waals surface area contributed by atoms with Gasteiger partial charge in [0.05, 0.1) is 18.9 Å². The number of benzene rings is 2. The van der Waals surface area contributed by atoms with Crippen molar-refractivity contribution in [2.75, 3.05) is 0 Å². The summed E-state index contributed by atoms with van der Waals surface area (Å²) in [7, 11) is 0. The van der Waals surface area contributed by atoms with E-state index in [1.807, 2.05) is 0 Å². The molecule has 0 heterocycles. The van der Waals surface area contributed by atoms with E-state index in [9.17, 15) is 27.6 Å².